The van der Waals surface area contributed by atoms with Crippen molar-refractivity contribution in [1.82, 2.24) is 15.2 Å². The molecule has 2 heterocycles. The zero-order valence-corrected chi connectivity index (χ0v) is 15.3. The lowest BCUT2D eigenvalue weighted by Gasteiger charge is -2.18. The van der Waals surface area contributed by atoms with E-state index in [2.05, 4.69) is 10.3 Å². The van der Waals surface area contributed by atoms with Gasteiger partial charge in [0.25, 0.3) is 5.91 Å². The Hall–Kier alpha value is -1.82. The summed E-state index contributed by atoms with van der Waals surface area (Å²) in [6, 6.07) is 8.37. The second kappa shape index (κ2) is 8.04. The molecule has 1 aliphatic rings. The summed E-state index contributed by atoms with van der Waals surface area (Å²) >= 11 is 12.1. The first kappa shape index (κ1) is 18.0. The monoisotopic (exact) mass is 379 g/mol. The number of rotatable bonds is 5. The van der Waals surface area contributed by atoms with E-state index in [1.165, 1.54) is 0 Å². The van der Waals surface area contributed by atoms with Crippen LogP contribution in [0.2, 0.25) is 10.0 Å². The molecule has 0 radical (unpaired) electrons. The van der Waals surface area contributed by atoms with Crippen molar-refractivity contribution in [2.24, 2.45) is 5.92 Å². The van der Waals surface area contributed by atoms with Crippen LogP contribution in [-0.2, 0) is 0 Å². The van der Waals surface area contributed by atoms with Crippen molar-refractivity contribution in [3.8, 4) is 11.6 Å². The highest BCUT2D eigenvalue weighted by molar-refractivity contribution is 6.35. The van der Waals surface area contributed by atoms with Crippen molar-refractivity contribution in [3.63, 3.8) is 0 Å². The average Bonchev–Trinajstić information content (AvgIpc) is 3.06. The van der Waals surface area contributed by atoms with E-state index in [1.807, 2.05) is 11.9 Å². The van der Waals surface area contributed by atoms with Crippen LogP contribution in [0.1, 0.15) is 16.8 Å². The number of pyridine rings is 1. The Morgan fingerprint density at radius 2 is 2.24 bits per heavy atom. The number of hydrogen-bond acceptors (Lipinski definition) is 4. The molecule has 0 spiro atoms. The molecule has 0 saturated carbocycles. The Balaban J connectivity index is 1.80. The summed E-state index contributed by atoms with van der Waals surface area (Å²) in [5.41, 5.74) is 0.429. The van der Waals surface area contributed by atoms with Crippen LogP contribution in [0.3, 0.4) is 0 Å². The van der Waals surface area contributed by atoms with Gasteiger partial charge in [-0.05, 0) is 56.3 Å². The molecule has 132 valence electrons. The van der Waals surface area contributed by atoms with Crippen LogP contribution < -0.4 is 10.1 Å². The zero-order chi connectivity index (χ0) is 17.8. The van der Waals surface area contributed by atoms with Crippen molar-refractivity contribution >= 4 is 29.1 Å². The van der Waals surface area contributed by atoms with Gasteiger partial charge in [0.2, 0.25) is 5.88 Å². The van der Waals surface area contributed by atoms with Crippen LogP contribution in [0.4, 0.5) is 0 Å². The Labute approximate surface area is 156 Å². The van der Waals surface area contributed by atoms with E-state index in [-0.39, 0.29) is 11.8 Å². The summed E-state index contributed by atoms with van der Waals surface area (Å²) in [5.74, 6) is 1.05. The summed E-state index contributed by atoms with van der Waals surface area (Å²) < 4.78 is 5.79. The molecule has 0 unspecified atom stereocenters. The number of amides is 1. The molecule has 1 aromatic heterocycles. The molecule has 0 aliphatic carbocycles. The van der Waals surface area contributed by atoms with Gasteiger partial charge in [-0.2, -0.15) is 0 Å². The number of carbonyl (C=O) groups is 1. The van der Waals surface area contributed by atoms with Gasteiger partial charge in [0.05, 0.1) is 5.02 Å². The van der Waals surface area contributed by atoms with Crippen LogP contribution in [0.5, 0.6) is 11.6 Å². The molecule has 0 bridgehead atoms. The van der Waals surface area contributed by atoms with Gasteiger partial charge in [-0.15, -0.1) is 0 Å². The van der Waals surface area contributed by atoms with Crippen LogP contribution in [0.15, 0.2) is 36.5 Å². The van der Waals surface area contributed by atoms with Gasteiger partial charge in [0.15, 0.2) is 0 Å². The van der Waals surface area contributed by atoms with Gasteiger partial charge in [0, 0.05) is 24.3 Å². The van der Waals surface area contributed by atoms with Crippen LogP contribution in [0, 0.1) is 5.92 Å². The van der Waals surface area contributed by atoms with Gasteiger partial charge in [-0.1, -0.05) is 23.2 Å². The molecule has 5 nitrogen and oxygen atoms in total. The Kier molecular flexibility index (Phi) is 5.78. The second-order valence-electron chi connectivity index (χ2n) is 6.00. The predicted octanol–water partition coefficient (Wildman–Crippen LogP) is 3.86. The summed E-state index contributed by atoms with van der Waals surface area (Å²) in [4.78, 5) is 18.9. The van der Waals surface area contributed by atoms with Gasteiger partial charge in [-0.25, -0.2) is 4.98 Å². The first-order valence-electron chi connectivity index (χ1n) is 8.10. The van der Waals surface area contributed by atoms with E-state index in [9.17, 15) is 4.79 Å². The molecule has 1 amide bonds. The van der Waals surface area contributed by atoms with Gasteiger partial charge in [-0.3, -0.25) is 4.79 Å². The largest absolute Gasteiger partial charge is 0.437 e. The number of benzene rings is 1. The highest BCUT2D eigenvalue weighted by Crippen LogP contribution is 2.32. The fourth-order valence-electron chi connectivity index (χ4n) is 2.94. The third-order valence-electron chi connectivity index (χ3n) is 4.17. The zero-order valence-electron chi connectivity index (χ0n) is 13.8. The summed E-state index contributed by atoms with van der Waals surface area (Å²) in [7, 11) is 1.92. The van der Waals surface area contributed by atoms with E-state index >= 15 is 0 Å². The molecule has 1 fully saturated rings. The third kappa shape index (κ3) is 4.24. The number of halogens is 2. The molecular formula is C18H19Cl2N3O2. The second-order valence-corrected chi connectivity index (χ2v) is 6.84. The number of nitrogens with zero attached hydrogens (tertiary/aromatic N) is 2. The Morgan fingerprint density at radius 3 is 3.00 bits per heavy atom. The fourth-order valence-corrected chi connectivity index (χ4v) is 3.39. The molecule has 1 aromatic carbocycles. The molecule has 1 aliphatic heterocycles. The molecule has 1 atom stereocenters. The molecule has 7 heteroatoms. The molecule has 1 N–H and O–H groups in total. The van der Waals surface area contributed by atoms with Gasteiger partial charge in [0.1, 0.15) is 11.3 Å². The van der Waals surface area contributed by atoms with E-state index < -0.39 is 0 Å². The average molecular weight is 380 g/mol. The van der Waals surface area contributed by atoms with Crippen LogP contribution in [-0.4, -0.2) is 42.5 Å². The van der Waals surface area contributed by atoms with Gasteiger partial charge < -0.3 is 15.0 Å². The van der Waals surface area contributed by atoms with E-state index in [1.54, 1.807) is 36.5 Å². The SMILES string of the molecule is CNC[C@H]1CCN(C(=O)c2cccnc2Oc2ccc(Cl)cc2Cl)C1. The van der Waals surface area contributed by atoms with E-state index in [0.29, 0.717) is 27.3 Å². The maximum absolute atomic E-state index is 12.9. The number of likely N-dealkylation sites (tertiary alicyclic amines) is 1. The smallest absolute Gasteiger partial charge is 0.259 e. The quantitative estimate of drug-likeness (QED) is 0.856. The maximum atomic E-state index is 12.9. The summed E-state index contributed by atoms with van der Waals surface area (Å²) in [5, 5.41) is 4.05. The lowest BCUT2D eigenvalue weighted by molar-refractivity contribution is 0.0784. The summed E-state index contributed by atoms with van der Waals surface area (Å²) in [6.07, 6.45) is 2.58. The Morgan fingerprint density at radius 1 is 1.40 bits per heavy atom. The minimum absolute atomic E-state index is 0.0770. The third-order valence-corrected chi connectivity index (χ3v) is 4.70. The molecule has 25 heavy (non-hydrogen) atoms. The number of hydrogen-bond donors (Lipinski definition) is 1. The van der Waals surface area contributed by atoms with E-state index in [0.717, 1.165) is 26.1 Å². The Bertz CT molecular complexity index is 770. The summed E-state index contributed by atoms with van der Waals surface area (Å²) in [6.45, 7) is 2.37. The van der Waals surface area contributed by atoms with E-state index in [4.69, 9.17) is 27.9 Å². The highest BCUT2D eigenvalue weighted by Gasteiger charge is 2.28. The highest BCUT2D eigenvalue weighted by atomic mass is 35.5. The minimum atomic E-state index is -0.0770. The maximum Gasteiger partial charge on any atom is 0.259 e. The first-order valence-corrected chi connectivity index (χ1v) is 8.86. The number of aromatic nitrogens is 1. The van der Waals surface area contributed by atoms with Crippen molar-refractivity contribution < 1.29 is 9.53 Å². The lowest BCUT2D eigenvalue weighted by Crippen LogP contribution is -2.30. The van der Waals surface area contributed by atoms with Crippen molar-refractivity contribution in [1.29, 1.82) is 0 Å². The van der Waals surface area contributed by atoms with Crippen LogP contribution in [0.25, 0.3) is 0 Å². The van der Waals surface area contributed by atoms with Gasteiger partial charge >= 0.3 is 0 Å². The van der Waals surface area contributed by atoms with Crippen molar-refractivity contribution in [3.05, 3.63) is 52.1 Å². The number of carbonyl (C=O) groups excluding carboxylic acids is 1. The van der Waals surface area contributed by atoms with Crippen LogP contribution >= 0.6 is 23.2 Å². The normalized spacial score (nSPS) is 16.9. The predicted molar refractivity (Wildman–Crippen MR) is 98.7 cm³/mol. The standard InChI is InChI=1S/C18H19Cl2N3O2/c1-21-10-12-6-8-23(11-12)18(24)14-3-2-7-22-17(14)25-16-5-4-13(19)9-15(16)20/h2-5,7,9,12,21H,6,8,10-11H2,1H3/t12-/m1/s1. The van der Waals surface area contributed by atoms with Crippen molar-refractivity contribution in [2.45, 2.75) is 6.42 Å². The molecule has 2 aromatic rings. The lowest BCUT2D eigenvalue weighted by atomic mass is 10.1. The first-order chi connectivity index (χ1) is 12.1. The minimum Gasteiger partial charge on any atom is -0.437 e. The molecular weight excluding hydrogens is 361 g/mol. The molecule has 3 rings (SSSR count). The molecule has 1 saturated heterocycles. The number of nitrogens with one attached hydrogen (secondary N) is 1. The number of ether oxygens (including phenoxy) is 1. The topological polar surface area (TPSA) is 54.5 Å². The fraction of sp³-hybridized carbons (Fsp3) is 0.333. The van der Waals surface area contributed by atoms with Crippen molar-refractivity contribution in [2.75, 3.05) is 26.7 Å².